The van der Waals surface area contributed by atoms with Crippen LogP contribution in [0.1, 0.15) is 51.4 Å². The van der Waals surface area contributed by atoms with Gasteiger partial charge < -0.3 is 15.3 Å². The lowest BCUT2D eigenvalue weighted by atomic mass is 9.85. The van der Waals surface area contributed by atoms with Crippen molar-refractivity contribution in [2.75, 3.05) is 0 Å². The summed E-state index contributed by atoms with van der Waals surface area (Å²) in [5, 5.41) is 26.8. The van der Waals surface area contributed by atoms with Crippen molar-refractivity contribution in [1.29, 1.82) is 0 Å². The predicted molar refractivity (Wildman–Crippen MR) is 77.0 cm³/mol. The Morgan fingerprint density at radius 2 is 1.38 bits per heavy atom. The SMILES string of the molecule is C=CCCCCCCCC(C(=O)O)C(CC(=O)O)C(=O)O. The molecule has 0 aromatic carbocycles. The van der Waals surface area contributed by atoms with Crippen LogP contribution in [0.2, 0.25) is 0 Å². The molecule has 6 heteroatoms. The monoisotopic (exact) mass is 300 g/mol. The highest BCUT2D eigenvalue weighted by molar-refractivity contribution is 5.83. The molecule has 0 saturated heterocycles. The lowest BCUT2D eigenvalue weighted by molar-refractivity contribution is -0.157. The van der Waals surface area contributed by atoms with E-state index in [9.17, 15) is 14.4 Å². The van der Waals surface area contributed by atoms with Gasteiger partial charge in [-0.2, -0.15) is 0 Å². The van der Waals surface area contributed by atoms with Gasteiger partial charge in [0.2, 0.25) is 0 Å². The summed E-state index contributed by atoms with van der Waals surface area (Å²) in [6.07, 6.45) is 6.78. The van der Waals surface area contributed by atoms with Crippen molar-refractivity contribution in [1.82, 2.24) is 0 Å². The first-order chi connectivity index (χ1) is 9.90. The average molecular weight is 300 g/mol. The standard InChI is InChI=1S/C15H24O6/c1-2-3-4-5-6-7-8-9-11(14(18)19)12(15(20)21)10-13(16)17/h2,11-12H,1,3-10H2,(H,16,17)(H,18,19)(H,20,21). The molecule has 0 aromatic rings. The smallest absolute Gasteiger partial charge is 0.307 e. The molecule has 6 nitrogen and oxygen atoms in total. The van der Waals surface area contributed by atoms with Crippen LogP contribution < -0.4 is 0 Å². The number of rotatable bonds is 13. The van der Waals surface area contributed by atoms with Gasteiger partial charge >= 0.3 is 17.9 Å². The van der Waals surface area contributed by atoms with Crippen molar-refractivity contribution in [3.63, 3.8) is 0 Å². The van der Waals surface area contributed by atoms with Crippen LogP contribution >= 0.6 is 0 Å². The van der Waals surface area contributed by atoms with Gasteiger partial charge in [-0.3, -0.25) is 14.4 Å². The second-order valence-corrected chi connectivity index (χ2v) is 5.12. The van der Waals surface area contributed by atoms with Crippen molar-refractivity contribution in [2.24, 2.45) is 11.8 Å². The first-order valence-corrected chi connectivity index (χ1v) is 7.18. The van der Waals surface area contributed by atoms with Crippen molar-refractivity contribution in [3.05, 3.63) is 12.7 Å². The van der Waals surface area contributed by atoms with Gasteiger partial charge in [0.15, 0.2) is 0 Å². The fourth-order valence-electron chi connectivity index (χ4n) is 2.27. The highest BCUT2D eigenvalue weighted by Gasteiger charge is 2.34. The van der Waals surface area contributed by atoms with E-state index in [0.29, 0.717) is 6.42 Å². The van der Waals surface area contributed by atoms with E-state index in [4.69, 9.17) is 15.3 Å². The molecule has 21 heavy (non-hydrogen) atoms. The molecule has 3 N–H and O–H groups in total. The summed E-state index contributed by atoms with van der Waals surface area (Å²) in [6.45, 7) is 3.63. The number of aliphatic carboxylic acids is 3. The third-order valence-corrected chi connectivity index (χ3v) is 3.44. The number of hydrogen-bond donors (Lipinski definition) is 3. The molecule has 120 valence electrons. The van der Waals surface area contributed by atoms with Crippen LogP contribution in [0.15, 0.2) is 12.7 Å². The molecule has 0 aliphatic carbocycles. The summed E-state index contributed by atoms with van der Waals surface area (Å²) >= 11 is 0. The molecule has 0 bridgehead atoms. The fourth-order valence-corrected chi connectivity index (χ4v) is 2.27. The van der Waals surface area contributed by atoms with Gasteiger partial charge in [-0.05, 0) is 19.3 Å². The molecular formula is C15H24O6. The molecule has 0 heterocycles. The van der Waals surface area contributed by atoms with Gasteiger partial charge in [0.05, 0.1) is 18.3 Å². The number of allylic oxidation sites excluding steroid dienone is 1. The molecule has 0 rings (SSSR count). The molecule has 0 amide bonds. The van der Waals surface area contributed by atoms with Crippen LogP contribution in [0.3, 0.4) is 0 Å². The fraction of sp³-hybridized carbons (Fsp3) is 0.667. The normalized spacial score (nSPS) is 13.3. The van der Waals surface area contributed by atoms with E-state index < -0.39 is 36.2 Å². The van der Waals surface area contributed by atoms with Gasteiger partial charge in [-0.1, -0.05) is 31.8 Å². The number of hydrogen-bond acceptors (Lipinski definition) is 3. The van der Waals surface area contributed by atoms with Gasteiger partial charge in [-0.25, -0.2) is 0 Å². The van der Waals surface area contributed by atoms with E-state index in [1.165, 1.54) is 0 Å². The van der Waals surface area contributed by atoms with Crippen molar-refractivity contribution in [3.8, 4) is 0 Å². The largest absolute Gasteiger partial charge is 0.481 e. The van der Waals surface area contributed by atoms with E-state index >= 15 is 0 Å². The van der Waals surface area contributed by atoms with Crippen molar-refractivity contribution < 1.29 is 29.7 Å². The molecule has 0 saturated carbocycles. The average Bonchev–Trinajstić information content (AvgIpc) is 2.39. The maximum atomic E-state index is 11.2. The second kappa shape index (κ2) is 10.9. The Kier molecular flexibility index (Phi) is 9.92. The van der Waals surface area contributed by atoms with Crippen LogP contribution in [-0.2, 0) is 14.4 Å². The Labute approximate surface area is 124 Å². The molecule has 0 spiro atoms. The van der Waals surface area contributed by atoms with Crippen LogP contribution in [0.4, 0.5) is 0 Å². The topological polar surface area (TPSA) is 112 Å². The number of carboxylic acids is 3. The minimum atomic E-state index is -1.37. The van der Waals surface area contributed by atoms with Crippen LogP contribution in [0.5, 0.6) is 0 Å². The third kappa shape index (κ3) is 8.83. The zero-order valence-corrected chi connectivity index (χ0v) is 12.2. The zero-order valence-electron chi connectivity index (χ0n) is 12.2. The van der Waals surface area contributed by atoms with E-state index in [-0.39, 0.29) is 6.42 Å². The summed E-state index contributed by atoms with van der Waals surface area (Å²) in [4.78, 5) is 32.9. The Morgan fingerprint density at radius 3 is 1.86 bits per heavy atom. The Hall–Kier alpha value is -1.85. The first-order valence-electron chi connectivity index (χ1n) is 7.18. The summed E-state index contributed by atoms with van der Waals surface area (Å²) in [7, 11) is 0. The Balaban J connectivity index is 4.27. The molecule has 2 atom stereocenters. The van der Waals surface area contributed by atoms with Crippen molar-refractivity contribution in [2.45, 2.75) is 51.4 Å². The second-order valence-electron chi connectivity index (χ2n) is 5.12. The summed E-state index contributed by atoms with van der Waals surface area (Å²) < 4.78 is 0. The Bertz CT molecular complexity index is 363. The summed E-state index contributed by atoms with van der Waals surface area (Å²) in [5.41, 5.74) is 0. The molecule has 0 aromatic heterocycles. The van der Waals surface area contributed by atoms with E-state index in [2.05, 4.69) is 6.58 Å². The lowest BCUT2D eigenvalue weighted by Crippen LogP contribution is -2.31. The number of unbranched alkanes of at least 4 members (excludes halogenated alkanes) is 5. The quantitative estimate of drug-likeness (QED) is 0.356. The summed E-state index contributed by atoms with van der Waals surface area (Å²) in [5.74, 6) is -6.42. The van der Waals surface area contributed by atoms with Crippen LogP contribution in [-0.4, -0.2) is 33.2 Å². The van der Waals surface area contributed by atoms with E-state index in [1.54, 1.807) is 0 Å². The molecule has 0 aliphatic heterocycles. The lowest BCUT2D eigenvalue weighted by Gasteiger charge is -2.18. The highest BCUT2D eigenvalue weighted by atomic mass is 16.4. The Morgan fingerprint density at radius 1 is 0.857 bits per heavy atom. The van der Waals surface area contributed by atoms with Crippen LogP contribution in [0, 0.1) is 11.8 Å². The predicted octanol–water partition coefficient (Wildman–Crippen LogP) is 2.78. The minimum absolute atomic E-state index is 0.195. The highest BCUT2D eigenvalue weighted by Crippen LogP contribution is 2.24. The maximum Gasteiger partial charge on any atom is 0.307 e. The maximum absolute atomic E-state index is 11.2. The molecule has 2 unspecified atom stereocenters. The van der Waals surface area contributed by atoms with Crippen molar-refractivity contribution >= 4 is 17.9 Å². The zero-order chi connectivity index (χ0) is 16.3. The van der Waals surface area contributed by atoms with Gasteiger partial charge in [0, 0.05) is 0 Å². The third-order valence-electron chi connectivity index (χ3n) is 3.44. The van der Waals surface area contributed by atoms with Gasteiger partial charge in [0.25, 0.3) is 0 Å². The van der Waals surface area contributed by atoms with Crippen LogP contribution in [0.25, 0.3) is 0 Å². The number of carboxylic acid groups (broad SMARTS) is 3. The summed E-state index contributed by atoms with van der Waals surface area (Å²) in [6, 6.07) is 0. The first kappa shape index (κ1) is 19.1. The minimum Gasteiger partial charge on any atom is -0.481 e. The molecule has 0 fully saturated rings. The molecular weight excluding hydrogens is 276 g/mol. The van der Waals surface area contributed by atoms with Gasteiger partial charge in [-0.15, -0.1) is 6.58 Å². The molecule has 0 aliphatic rings. The van der Waals surface area contributed by atoms with E-state index in [1.807, 2.05) is 6.08 Å². The number of carbonyl (C=O) groups is 3. The van der Waals surface area contributed by atoms with E-state index in [0.717, 1.165) is 32.1 Å². The molecule has 0 radical (unpaired) electrons. The van der Waals surface area contributed by atoms with Gasteiger partial charge in [0.1, 0.15) is 0 Å².